The fourth-order valence-electron chi connectivity index (χ4n) is 7.14. The van der Waals surface area contributed by atoms with E-state index in [1.165, 1.54) is 79.2 Å². The van der Waals surface area contributed by atoms with Crippen LogP contribution in [0.2, 0.25) is 0 Å². The summed E-state index contributed by atoms with van der Waals surface area (Å²) < 4.78 is 0. The molecule has 8 rings (SSSR count). The summed E-state index contributed by atoms with van der Waals surface area (Å²) in [5.74, 6) is 0.653. The third kappa shape index (κ3) is 10.4. The van der Waals surface area contributed by atoms with E-state index in [0.717, 1.165) is 0 Å². The number of aryl methyl sites for hydroxylation is 4. The first-order valence-corrected chi connectivity index (χ1v) is 28.6. The van der Waals surface area contributed by atoms with Crippen molar-refractivity contribution in [1.82, 2.24) is 0 Å². The maximum atomic E-state index is 2.35. The third-order valence-corrected chi connectivity index (χ3v) is 17.6. The van der Waals surface area contributed by atoms with Gasteiger partial charge in [-0.1, -0.05) is 195 Å². The van der Waals surface area contributed by atoms with Crippen molar-refractivity contribution < 1.29 is 14.8 Å². The van der Waals surface area contributed by atoms with Gasteiger partial charge < -0.3 is 0 Å². The van der Waals surface area contributed by atoms with Crippen molar-refractivity contribution in [3.05, 3.63) is 202 Å². The molecule has 0 amide bonds. The summed E-state index contributed by atoms with van der Waals surface area (Å²) in [7, 11) is -1.58. The van der Waals surface area contributed by atoms with E-state index in [1.54, 1.807) is 0 Å². The summed E-state index contributed by atoms with van der Waals surface area (Å²) in [6, 6.07) is 64.5. The van der Waals surface area contributed by atoms with E-state index < -0.39 is 15.8 Å². The zero-order valence-electron chi connectivity index (χ0n) is 33.3. The molecule has 57 heavy (non-hydrogen) atoms. The Morgan fingerprint density at radius 3 is 1.16 bits per heavy atom. The van der Waals surface area contributed by atoms with Crippen molar-refractivity contribution >= 4 is 90.1 Å². The number of hydrogen-bond acceptors (Lipinski definition) is 2. The Morgan fingerprint density at radius 2 is 0.772 bits per heavy atom. The quantitative estimate of drug-likeness (QED) is 0.0768. The van der Waals surface area contributed by atoms with Gasteiger partial charge in [-0.2, -0.15) is 0 Å². The van der Waals surface area contributed by atoms with Gasteiger partial charge in [-0.05, 0) is 81.8 Å². The minimum atomic E-state index is -0.802. The summed E-state index contributed by atoms with van der Waals surface area (Å²) in [5.41, 5.74) is 6.92. The first kappa shape index (κ1) is 43.5. The molecule has 8 aromatic rings. The average molecular weight is 1020 g/mol. The van der Waals surface area contributed by atoms with Crippen LogP contribution in [-0.4, -0.2) is 0 Å². The molecule has 0 saturated heterocycles. The molecule has 0 radical (unpaired) electrons. The van der Waals surface area contributed by atoms with Crippen LogP contribution in [0.3, 0.4) is 0 Å². The first-order valence-electron chi connectivity index (χ1n) is 19.1. The van der Waals surface area contributed by atoms with Gasteiger partial charge in [-0.3, -0.25) is 0 Å². The van der Waals surface area contributed by atoms with Gasteiger partial charge >= 0.3 is 34.5 Å². The van der Waals surface area contributed by atoms with Crippen molar-refractivity contribution in [2.75, 3.05) is 0 Å². The van der Waals surface area contributed by atoms with Gasteiger partial charge in [0.15, 0.2) is 0 Å². The molecule has 2 aromatic heterocycles. The van der Waals surface area contributed by atoms with Gasteiger partial charge in [0, 0.05) is 41.2 Å². The van der Waals surface area contributed by atoms with E-state index in [4.69, 9.17) is 0 Å². The molecule has 6 heteroatoms. The predicted octanol–water partition coefficient (Wildman–Crippen LogP) is 13.6. The van der Waals surface area contributed by atoms with Gasteiger partial charge in [0.05, 0.1) is 0 Å². The first-order chi connectivity index (χ1) is 27.8. The van der Waals surface area contributed by atoms with Crippen LogP contribution in [0.5, 0.6) is 0 Å². The van der Waals surface area contributed by atoms with Crippen LogP contribution in [-0.2, 0) is 14.8 Å². The van der Waals surface area contributed by atoms with E-state index in [2.05, 4.69) is 252 Å². The molecule has 2 heterocycles. The molecule has 288 valence electrons. The Bertz CT molecular complexity index is 2350. The number of rotatable bonds is 9. The second-order valence-electron chi connectivity index (χ2n) is 14.1. The second kappa shape index (κ2) is 21.3. The monoisotopic (exact) mass is 1020 g/mol. The van der Waals surface area contributed by atoms with E-state index in [1.807, 2.05) is 22.7 Å². The Hall–Kier alpha value is -3.07. The summed E-state index contributed by atoms with van der Waals surface area (Å²) in [4.78, 5) is 5.59. The maximum absolute atomic E-state index is 2.35. The third-order valence-electron chi connectivity index (χ3n) is 9.82. The molecular weight excluding hydrogens is 967 g/mol. The normalized spacial score (nSPS) is 10.9. The van der Waals surface area contributed by atoms with Crippen LogP contribution in [0, 0.1) is 27.7 Å². The molecule has 0 aliphatic carbocycles. The zero-order valence-corrected chi connectivity index (χ0v) is 40.6. The van der Waals surface area contributed by atoms with Gasteiger partial charge in [-0.15, -0.1) is 22.7 Å². The SMILES string of the molecule is Cc1ccc(C(C)C)cc1.Cc1sc(C)c(P(c2ccccc2)c2ccccc2)c1-c1c(-c2ccccc2)sc(C)c1P(c1ccccc1)c1ccccc1.[Ru+][I]. The fraction of sp³-hybridized carbons (Fsp3) is 0.137. The van der Waals surface area contributed by atoms with Crippen molar-refractivity contribution in [2.45, 2.75) is 47.5 Å². The summed E-state index contributed by atoms with van der Waals surface area (Å²) in [6.45, 7) is 13.6. The Labute approximate surface area is 372 Å². The Kier molecular flexibility index (Phi) is 16.2. The van der Waals surface area contributed by atoms with Crippen LogP contribution < -0.4 is 31.8 Å². The van der Waals surface area contributed by atoms with E-state index >= 15 is 0 Å². The Balaban J connectivity index is 0.000000397. The van der Waals surface area contributed by atoms with Gasteiger partial charge in [-0.25, -0.2) is 0 Å². The fourth-order valence-corrected chi connectivity index (χ4v) is 15.2. The number of halogens is 1. The molecule has 6 aromatic carbocycles. The van der Waals surface area contributed by atoms with E-state index in [0.29, 0.717) is 5.92 Å². The molecule has 0 unspecified atom stereocenters. The topological polar surface area (TPSA) is 0 Å². The second-order valence-corrected chi connectivity index (χ2v) is 21.0. The molecule has 0 fully saturated rings. The van der Waals surface area contributed by atoms with E-state index in [-0.39, 0.29) is 0 Å². The van der Waals surface area contributed by atoms with Crippen LogP contribution >= 0.6 is 58.3 Å². The summed E-state index contributed by atoms with van der Waals surface area (Å²) in [5, 5.41) is 8.55. The Morgan fingerprint density at radius 1 is 0.421 bits per heavy atom. The van der Waals surface area contributed by atoms with Crippen LogP contribution in [0.4, 0.5) is 0 Å². The number of hydrogen-bond donors (Lipinski definition) is 0. The van der Waals surface area contributed by atoms with Crippen molar-refractivity contribution in [3.63, 3.8) is 0 Å². The minimum absolute atomic E-state index is 0.653. The van der Waals surface area contributed by atoms with Crippen molar-refractivity contribution in [1.29, 1.82) is 0 Å². The molecule has 0 aliphatic heterocycles. The zero-order chi connectivity index (χ0) is 40.3. The van der Waals surface area contributed by atoms with Gasteiger partial charge in [0.2, 0.25) is 0 Å². The molecule has 0 saturated carbocycles. The molecule has 0 bridgehead atoms. The van der Waals surface area contributed by atoms with E-state index in [9.17, 15) is 0 Å². The van der Waals surface area contributed by atoms with Crippen LogP contribution in [0.15, 0.2) is 176 Å². The molecular formula is C51H48IP2RuS2+. The summed E-state index contributed by atoms with van der Waals surface area (Å²) >= 11 is 8.33. The van der Waals surface area contributed by atoms with Gasteiger partial charge in [0.1, 0.15) is 0 Å². The standard InChI is InChI=1S/C41H34P2S2.C10H14.HI.Ru/c1-29-37(39(30(2)44-29)42(33-21-11-5-12-22-33)34-23-13-6-14-24-34)38-40(31(3)45-41(38)32-19-9-4-10-20-32)43(35-25-15-7-16-26-35)36-27-17-8-18-28-36;1-8(2)10-6-4-9(3)5-7-10;;/h4-28H,1-3H3;4-8H,1-3H3;1H;/q;;;+2/p-1. The van der Waals surface area contributed by atoms with Gasteiger partial charge in [0.25, 0.3) is 0 Å². The van der Waals surface area contributed by atoms with Crippen molar-refractivity contribution in [2.24, 2.45) is 0 Å². The number of thiophene rings is 2. The molecule has 0 aliphatic rings. The molecule has 0 spiro atoms. The predicted molar refractivity (Wildman–Crippen MR) is 264 cm³/mol. The van der Waals surface area contributed by atoms with Crippen LogP contribution in [0.25, 0.3) is 21.6 Å². The summed E-state index contributed by atoms with van der Waals surface area (Å²) in [6.07, 6.45) is 0. The molecule has 0 nitrogen and oxygen atoms in total. The average Bonchev–Trinajstić information content (AvgIpc) is 3.74. The van der Waals surface area contributed by atoms with Crippen LogP contribution in [0.1, 0.15) is 45.5 Å². The van der Waals surface area contributed by atoms with Crippen molar-refractivity contribution in [3.8, 4) is 21.6 Å². The molecule has 0 N–H and O–H groups in total. The molecule has 0 atom stereocenters. The number of benzene rings is 6.